The number of carbonyl (C=O) groups excluding carboxylic acids is 1. The number of thioether (sulfide) groups is 1. The van der Waals surface area contributed by atoms with Crippen LogP contribution in [0.1, 0.15) is 38.5 Å². The van der Waals surface area contributed by atoms with E-state index in [-0.39, 0.29) is 11.0 Å². The number of carbonyl (C=O) groups is 1. The second-order valence-corrected chi connectivity index (χ2v) is 9.84. The molecule has 1 amide bonds. The van der Waals surface area contributed by atoms with Crippen molar-refractivity contribution in [3.8, 4) is 0 Å². The fraction of sp³-hybridized carbons (Fsp3) is 0.682. The number of aliphatic imine (C=N–C) groups is 2. The number of nitrogens with zero attached hydrogens (tertiary/aromatic N) is 2. The van der Waals surface area contributed by atoms with Crippen molar-refractivity contribution in [2.45, 2.75) is 56.2 Å². The molecule has 1 saturated heterocycles. The van der Waals surface area contributed by atoms with Gasteiger partial charge in [-0.15, -0.1) is 13.2 Å². The van der Waals surface area contributed by atoms with Crippen LogP contribution in [-0.4, -0.2) is 60.7 Å². The lowest BCUT2D eigenvalue weighted by atomic mass is 9.94. The number of hydrogen-bond donors (Lipinski definition) is 0. The Morgan fingerprint density at radius 3 is 2.48 bits per heavy atom. The molecule has 0 radical (unpaired) electrons. The molecule has 2 heterocycles. The number of amides is 1. The second-order valence-electron chi connectivity index (χ2n) is 8.55. The predicted octanol–water partition coefficient (Wildman–Crippen LogP) is 4.76. The SMILES string of the molecule is O=C1N=C(CSC2CCC(OC(F)(F)F)CC2)N=C2C=C(OCC3CCOCC3)C=C(F)C12. The normalized spacial score (nSPS) is 29.0. The molecule has 0 aromatic carbocycles. The van der Waals surface area contributed by atoms with Crippen molar-refractivity contribution >= 4 is 29.2 Å². The summed E-state index contributed by atoms with van der Waals surface area (Å²) >= 11 is 1.50. The number of hydrogen-bond acceptors (Lipinski definition) is 6. The van der Waals surface area contributed by atoms with Crippen LogP contribution in [0.2, 0.25) is 0 Å². The Kier molecular flexibility index (Phi) is 7.91. The molecule has 0 N–H and O–H groups in total. The summed E-state index contributed by atoms with van der Waals surface area (Å²) in [6.07, 6.45) is 0.969. The summed E-state index contributed by atoms with van der Waals surface area (Å²) in [6, 6.07) is 0. The monoisotopic (exact) mass is 490 g/mol. The van der Waals surface area contributed by atoms with E-state index in [0.717, 1.165) is 12.8 Å². The van der Waals surface area contributed by atoms with Crippen LogP contribution in [0.3, 0.4) is 0 Å². The molecule has 2 fully saturated rings. The summed E-state index contributed by atoms with van der Waals surface area (Å²) in [5, 5.41) is 0.130. The topological polar surface area (TPSA) is 69.5 Å². The van der Waals surface area contributed by atoms with E-state index in [1.807, 2.05) is 0 Å². The molecule has 1 unspecified atom stereocenters. The highest BCUT2D eigenvalue weighted by Gasteiger charge is 2.37. The van der Waals surface area contributed by atoms with Crippen LogP contribution in [0, 0.1) is 11.8 Å². The molecular formula is C22H26F4N2O4S. The number of amidine groups is 1. The van der Waals surface area contributed by atoms with Crippen LogP contribution in [0.15, 0.2) is 33.7 Å². The summed E-state index contributed by atoms with van der Waals surface area (Å²) in [6.45, 7) is 1.83. The molecule has 1 saturated carbocycles. The van der Waals surface area contributed by atoms with Gasteiger partial charge in [-0.05, 0) is 44.4 Å². The van der Waals surface area contributed by atoms with Gasteiger partial charge in [0.2, 0.25) is 0 Å². The van der Waals surface area contributed by atoms with Crippen molar-refractivity contribution in [3.63, 3.8) is 0 Å². The lowest BCUT2D eigenvalue weighted by molar-refractivity contribution is -0.345. The van der Waals surface area contributed by atoms with Crippen molar-refractivity contribution in [2.75, 3.05) is 25.6 Å². The Labute approximate surface area is 193 Å². The molecule has 0 spiro atoms. The maximum Gasteiger partial charge on any atom is 0.522 e. The molecule has 11 heteroatoms. The molecule has 6 nitrogen and oxygen atoms in total. The third-order valence-electron chi connectivity index (χ3n) is 6.08. The van der Waals surface area contributed by atoms with Gasteiger partial charge in [0.15, 0.2) is 0 Å². The van der Waals surface area contributed by atoms with Gasteiger partial charge in [-0.3, -0.25) is 9.53 Å². The smallest absolute Gasteiger partial charge is 0.493 e. The van der Waals surface area contributed by atoms with Crippen LogP contribution in [-0.2, 0) is 19.0 Å². The van der Waals surface area contributed by atoms with E-state index in [1.54, 1.807) is 6.08 Å². The molecule has 33 heavy (non-hydrogen) atoms. The zero-order valence-electron chi connectivity index (χ0n) is 18.0. The first-order valence-corrected chi connectivity index (χ1v) is 12.2. The van der Waals surface area contributed by atoms with Gasteiger partial charge in [0, 0.05) is 30.6 Å². The van der Waals surface area contributed by atoms with Gasteiger partial charge in [-0.1, -0.05) is 0 Å². The standard InChI is InChI=1S/C22H26F4N2O4S/c23-17-9-15(31-11-13-5-7-30-8-6-13)10-18-20(17)21(29)28-19(27-18)12-33-16-3-1-14(2-4-16)32-22(24,25)26/h9-10,13-14,16,20H,1-8,11-12H2. The van der Waals surface area contributed by atoms with Gasteiger partial charge in [0.1, 0.15) is 23.3 Å². The van der Waals surface area contributed by atoms with Gasteiger partial charge < -0.3 is 9.47 Å². The lowest BCUT2D eigenvalue weighted by Gasteiger charge is -2.29. The van der Waals surface area contributed by atoms with E-state index in [4.69, 9.17) is 9.47 Å². The third kappa shape index (κ3) is 6.89. The summed E-state index contributed by atoms with van der Waals surface area (Å²) in [7, 11) is 0. The van der Waals surface area contributed by atoms with Crippen LogP contribution < -0.4 is 0 Å². The summed E-state index contributed by atoms with van der Waals surface area (Å²) in [5.74, 6) is -1.08. The highest BCUT2D eigenvalue weighted by Crippen LogP contribution is 2.34. The molecule has 0 aromatic heterocycles. The number of rotatable bonds is 7. The first-order valence-electron chi connectivity index (χ1n) is 11.1. The van der Waals surface area contributed by atoms with E-state index >= 15 is 0 Å². The highest BCUT2D eigenvalue weighted by molar-refractivity contribution is 8.00. The summed E-state index contributed by atoms with van der Waals surface area (Å²) in [4.78, 5) is 20.8. The Morgan fingerprint density at radius 1 is 1.06 bits per heavy atom. The zero-order chi connectivity index (χ0) is 23.4. The van der Waals surface area contributed by atoms with Crippen molar-refractivity contribution < 1.29 is 36.6 Å². The first-order chi connectivity index (χ1) is 15.8. The van der Waals surface area contributed by atoms with E-state index in [1.165, 1.54) is 17.8 Å². The van der Waals surface area contributed by atoms with Crippen LogP contribution in [0.25, 0.3) is 0 Å². The van der Waals surface area contributed by atoms with E-state index in [9.17, 15) is 22.4 Å². The number of halogens is 4. The zero-order valence-corrected chi connectivity index (χ0v) is 18.8. The summed E-state index contributed by atoms with van der Waals surface area (Å²) in [5.41, 5.74) is 0.273. The Bertz CT molecular complexity index is 857. The van der Waals surface area contributed by atoms with E-state index in [2.05, 4.69) is 14.7 Å². The predicted molar refractivity (Wildman–Crippen MR) is 116 cm³/mol. The Balaban J connectivity index is 1.31. The minimum atomic E-state index is -4.61. The molecule has 0 bridgehead atoms. The average molecular weight is 491 g/mol. The molecule has 2 aliphatic heterocycles. The largest absolute Gasteiger partial charge is 0.522 e. The number of alkyl halides is 3. The Hall–Kier alpha value is -1.72. The van der Waals surface area contributed by atoms with Gasteiger partial charge in [0.25, 0.3) is 5.91 Å². The van der Waals surface area contributed by atoms with Gasteiger partial charge >= 0.3 is 6.36 Å². The Morgan fingerprint density at radius 2 is 1.79 bits per heavy atom. The lowest BCUT2D eigenvalue weighted by Crippen LogP contribution is -2.32. The van der Waals surface area contributed by atoms with E-state index < -0.39 is 30.1 Å². The van der Waals surface area contributed by atoms with Crippen LogP contribution in [0.4, 0.5) is 17.6 Å². The van der Waals surface area contributed by atoms with Crippen molar-refractivity contribution in [1.82, 2.24) is 0 Å². The molecular weight excluding hydrogens is 464 g/mol. The quantitative estimate of drug-likeness (QED) is 0.482. The molecule has 182 valence electrons. The number of fused-ring (bicyclic) bond motifs is 1. The molecule has 4 aliphatic rings. The van der Waals surface area contributed by atoms with Gasteiger partial charge in [-0.2, -0.15) is 16.8 Å². The van der Waals surface area contributed by atoms with Crippen LogP contribution in [0.5, 0.6) is 0 Å². The number of allylic oxidation sites excluding steroid dienone is 2. The summed E-state index contributed by atoms with van der Waals surface area (Å²) < 4.78 is 66.9. The van der Waals surface area contributed by atoms with E-state index in [0.29, 0.717) is 68.8 Å². The fourth-order valence-electron chi connectivity index (χ4n) is 4.31. The first kappa shape index (κ1) is 24.4. The number of ether oxygens (including phenoxy) is 3. The maximum absolute atomic E-state index is 14.6. The van der Waals surface area contributed by atoms with Gasteiger partial charge in [-0.25, -0.2) is 9.38 Å². The van der Waals surface area contributed by atoms with Gasteiger partial charge in [0.05, 0.1) is 24.2 Å². The van der Waals surface area contributed by atoms with Crippen molar-refractivity contribution in [1.29, 1.82) is 0 Å². The maximum atomic E-state index is 14.6. The second kappa shape index (κ2) is 10.7. The molecule has 1 atom stereocenters. The molecule has 2 aliphatic carbocycles. The fourth-order valence-corrected chi connectivity index (χ4v) is 5.43. The third-order valence-corrected chi connectivity index (χ3v) is 7.45. The van der Waals surface area contributed by atoms with Crippen molar-refractivity contribution in [3.05, 3.63) is 23.7 Å². The minimum absolute atomic E-state index is 0.130. The highest BCUT2D eigenvalue weighted by atomic mass is 32.2. The van der Waals surface area contributed by atoms with Crippen molar-refractivity contribution in [2.24, 2.45) is 21.8 Å². The molecule has 4 rings (SSSR count). The average Bonchev–Trinajstić information content (AvgIpc) is 2.76. The molecule has 0 aromatic rings. The minimum Gasteiger partial charge on any atom is -0.493 e. The van der Waals surface area contributed by atoms with Crippen LogP contribution >= 0.6 is 11.8 Å².